The average molecular weight is 581 g/mol. The van der Waals surface area contributed by atoms with Crippen molar-refractivity contribution in [2.75, 3.05) is 37.6 Å². The van der Waals surface area contributed by atoms with Crippen LogP contribution in [-0.4, -0.2) is 72.4 Å². The van der Waals surface area contributed by atoms with Crippen LogP contribution in [0.3, 0.4) is 0 Å². The minimum atomic E-state index is -1.09. The molecule has 10 nitrogen and oxygen atoms in total. The number of esters is 1. The van der Waals surface area contributed by atoms with Crippen LogP contribution < -0.4 is 16.0 Å². The lowest BCUT2D eigenvalue weighted by molar-refractivity contribution is -0.155. The molecule has 3 rings (SSSR count). The molecule has 0 aliphatic carbocycles. The fraction of sp³-hybridized carbons (Fsp3) is 0.500. The number of carboxylic acid groups (broad SMARTS) is 1. The Kier molecular flexibility index (Phi) is 12.5. The van der Waals surface area contributed by atoms with Crippen LogP contribution in [0.2, 0.25) is 0 Å². The number of ketones is 1. The first-order chi connectivity index (χ1) is 20.1. The Morgan fingerprint density at radius 1 is 0.952 bits per heavy atom. The van der Waals surface area contributed by atoms with Gasteiger partial charge in [-0.15, -0.1) is 0 Å². The molecular formula is C32H44N4O6. The van der Waals surface area contributed by atoms with E-state index in [0.29, 0.717) is 32.6 Å². The number of aliphatic carboxylic acids is 1. The van der Waals surface area contributed by atoms with E-state index in [1.807, 2.05) is 80.3 Å². The van der Waals surface area contributed by atoms with Crippen LogP contribution in [0.25, 0.3) is 0 Å². The lowest BCUT2D eigenvalue weighted by Crippen LogP contribution is -2.49. The summed E-state index contributed by atoms with van der Waals surface area (Å²) in [6.45, 7) is 7.52. The van der Waals surface area contributed by atoms with Gasteiger partial charge in [0.2, 0.25) is 5.91 Å². The largest absolute Gasteiger partial charge is 0.480 e. The predicted octanol–water partition coefficient (Wildman–Crippen LogP) is 2.84. The maximum Gasteiger partial charge on any atom is 0.323 e. The van der Waals surface area contributed by atoms with E-state index in [4.69, 9.17) is 10.5 Å². The van der Waals surface area contributed by atoms with E-state index in [9.17, 15) is 24.3 Å². The van der Waals surface area contributed by atoms with Gasteiger partial charge >= 0.3 is 11.9 Å². The number of fused-ring (bicyclic) bond motifs is 1. The zero-order valence-corrected chi connectivity index (χ0v) is 24.8. The molecule has 0 aromatic heterocycles. The molecule has 0 saturated heterocycles. The molecule has 228 valence electrons. The van der Waals surface area contributed by atoms with Crippen LogP contribution in [0, 0.1) is 17.8 Å². The fourth-order valence-corrected chi connectivity index (χ4v) is 5.10. The summed E-state index contributed by atoms with van der Waals surface area (Å²) in [5, 5.41) is 12.3. The van der Waals surface area contributed by atoms with Crippen molar-refractivity contribution in [2.24, 2.45) is 23.5 Å². The molecule has 1 amide bonds. The molecular weight excluding hydrogens is 536 g/mol. The molecule has 0 saturated carbocycles. The van der Waals surface area contributed by atoms with Gasteiger partial charge in [-0.25, -0.2) is 0 Å². The predicted molar refractivity (Wildman–Crippen MR) is 161 cm³/mol. The summed E-state index contributed by atoms with van der Waals surface area (Å²) in [6, 6.07) is 16.0. The second-order valence-corrected chi connectivity index (χ2v) is 11.5. The molecule has 0 radical (unpaired) electrons. The van der Waals surface area contributed by atoms with Crippen molar-refractivity contribution in [2.45, 2.75) is 52.8 Å². The molecule has 1 heterocycles. The van der Waals surface area contributed by atoms with Gasteiger partial charge in [0, 0.05) is 25.3 Å². The number of benzene rings is 2. The Hall–Kier alpha value is -3.76. The number of Topliss-reactive ketones (excluding diaryl/α,β-unsaturated/α-hetero) is 1. The minimum absolute atomic E-state index is 0.0458. The summed E-state index contributed by atoms with van der Waals surface area (Å²) < 4.78 is 5.51. The summed E-state index contributed by atoms with van der Waals surface area (Å²) in [5.74, 6) is -3.35. The number of nitrogens with one attached hydrogen (secondary N) is 1. The van der Waals surface area contributed by atoms with Gasteiger partial charge in [0.25, 0.3) is 0 Å². The Labute approximate surface area is 248 Å². The maximum absolute atomic E-state index is 13.6. The highest BCUT2D eigenvalue weighted by atomic mass is 16.5. The van der Waals surface area contributed by atoms with Gasteiger partial charge in [0.05, 0.1) is 12.6 Å². The number of ether oxygens (including phenoxy) is 1. The van der Waals surface area contributed by atoms with Crippen LogP contribution in [0.4, 0.5) is 5.69 Å². The van der Waals surface area contributed by atoms with Crippen molar-refractivity contribution < 1.29 is 29.0 Å². The second kappa shape index (κ2) is 16.0. The second-order valence-electron chi connectivity index (χ2n) is 11.5. The summed E-state index contributed by atoms with van der Waals surface area (Å²) in [7, 11) is 0. The number of para-hydroxylation sites is 1. The molecule has 2 aromatic carbocycles. The van der Waals surface area contributed by atoms with Crippen molar-refractivity contribution >= 4 is 29.3 Å². The third-order valence-corrected chi connectivity index (χ3v) is 7.40. The molecule has 3 atom stereocenters. The quantitative estimate of drug-likeness (QED) is 0.214. The van der Waals surface area contributed by atoms with E-state index in [1.165, 1.54) is 0 Å². The molecule has 2 aromatic rings. The average Bonchev–Trinajstić information content (AvgIpc) is 3.12. The third-order valence-electron chi connectivity index (χ3n) is 7.40. The van der Waals surface area contributed by atoms with Crippen LogP contribution in [-0.2, 0) is 37.1 Å². The highest BCUT2D eigenvalue weighted by Crippen LogP contribution is 2.25. The van der Waals surface area contributed by atoms with E-state index in [0.717, 1.165) is 16.8 Å². The molecule has 4 N–H and O–H groups in total. The van der Waals surface area contributed by atoms with Crippen molar-refractivity contribution in [3.63, 3.8) is 0 Å². The number of hydrogen-bond acceptors (Lipinski definition) is 8. The topological polar surface area (TPSA) is 142 Å². The number of carboxylic acids is 1. The molecule has 10 heteroatoms. The van der Waals surface area contributed by atoms with Gasteiger partial charge < -0.3 is 25.8 Å². The first-order valence-electron chi connectivity index (χ1n) is 14.6. The van der Waals surface area contributed by atoms with E-state index < -0.39 is 29.8 Å². The summed E-state index contributed by atoms with van der Waals surface area (Å²) in [5.41, 5.74) is 8.40. The summed E-state index contributed by atoms with van der Waals surface area (Å²) in [4.78, 5) is 55.5. The van der Waals surface area contributed by atoms with E-state index in [-0.39, 0.29) is 43.7 Å². The fourth-order valence-electron chi connectivity index (χ4n) is 5.10. The summed E-state index contributed by atoms with van der Waals surface area (Å²) in [6.07, 6.45) is 0.624. The first-order valence-corrected chi connectivity index (χ1v) is 14.6. The van der Waals surface area contributed by atoms with Gasteiger partial charge in [0.1, 0.15) is 19.1 Å². The highest BCUT2D eigenvalue weighted by Gasteiger charge is 2.34. The minimum Gasteiger partial charge on any atom is -0.480 e. The number of carbonyl (C=O) groups is 4. The summed E-state index contributed by atoms with van der Waals surface area (Å²) >= 11 is 0. The molecule has 42 heavy (non-hydrogen) atoms. The Morgan fingerprint density at radius 2 is 1.64 bits per heavy atom. The standard InChI is InChI=1S/C32H44N4O6/c1-22(2)15-27(29(37)19-35-13-14-36(20-30(38)39)28-12-8-7-11-25(28)18-35)34-31(40)26(16-23(3)17-33)32(41)42-21-24-9-5-4-6-10-24/h4-12,22-23,26-27H,13-21,33H2,1-3H3,(H,34,40)(H,38,39)/t23?,26-,27?/m0/s1. The monoisotopic (exact) mass is 580 g/mol. The van der Waals surface area contributed by atoms with Crippen molar-refractivity contribution in [1.82, 2.24) is 10.2 Å². The third kappa shape index (κ3) is 9.95. The van der Waals surface area contributed by atoms with Gasteiger partial charge in [-0.2, -0.15) is 0 Å². The van der Waals surface area contributed by atoms with E-state index in [1.54, 1.807) is 4.90 Å². The van der Waals surface area contributed by atoms with Gasteiger partial charge in [-0.05, 0) is 48.4 Å². The SMILES string of the molecule is CC(C)CC(NC(=O)[C@H](CC(C)CN)C(=O)OCc1ccccc1)C(=O)CN1CCN(CC(=O)O)c2ccccc2C1. The maximum atomic E-state index is 13.6. The van der Waals surface area contributed by atoms with Crippen LogP contribution in [0.15, 0.2) is 54.6 Å². The number of amides is 1. The Morgan fingerprint density at radius 3 is 2.31 bits per heavy atom. The molecule has 2 unspecified atom stereocenters. The van der Waals surface area contributed by atoms with Crippen molar-refractivity contribution in [3.05, 3.63) is 65.7 Å². The smallest absolute Gasteiger partial charge is 0.323 e. The number of nitrogens with zero attached hydrogens (tertiary/aromatic N) is 2. The van der Waals surface area contributed by atoms with Crippen LogP contribution in [0.5, 0.6) is 0 Å². The number of anilines is 1. The van der Waals surface area contributed by atoms with Crippen LogP contribution >= 0.6 is 0 Å². The number of rotatable bonds is 15. The number of carbonyl (C=O) groups excluding carboxylic acids is 3. The van der Waals surface area contributed by atoms with Crippen molar-refractivity contribution in [1.29, 1.82) is 0 Å². The zero-order chi connectivity index (χ0) is 30.6. The lowest BCUT2D eigenvalue weighted by Gasteiger charge is -2.26. The highest BCUT2D eigenvalue weighted by molar-refractivity contribution is 6.00. The zero-order valence-electron chi connectivity index (χ0n) is 24.8. The van der Waals surface area contributed by atoms with Crippen LogP contribution in [0.1, 0.15) is 44.7 Å². The normalized spacial score (nSPS) is 15.7. The van der Waals surface area contributed by atoms with Gasteiger partial charge in [-0.3, -0.25) is 24.1 Å². The molecule has 0 fully saturated rings. The van der Waals surface area contributed by atoms with E-state index in [2.05, 4.69) is 5.32 Å². The van der Waals surface area contributed by atoms with E-state index >= 15 is 0 Å². The van der Waals surface area contributed by atoms with Crippen molar-refractivity contribution in [3.8, 4) is 0 Å². The molecule has 0 spiro atoms. The number of hydrogen-bond donors (Lipinski definition) is 3. The molecule has 1 aliphatic heterocycles. The lowest BCUT2D eigenvalue weighted by atomic mass is 9.93. The molecule has 1 aliphatic rings. The Bertz CT molecular complexity index is 1200. The van der Waals surface area contributed by atoms with Gasteiger partial charge in [0.15, 0.2) is 5.78 Å². The molecule has 0 bridgehead atoms. The van der Waals surface area contributed by atoms with Gasteiger partial charge in [-0.1, -0.05) is 69.3 Å². The first kappa shape index (κ1) is 32.8. The number of nitrogens with two attached hydrogens (primary N) is 1. The Balaban J connectivity index is 1.72.